The van der Waals surface area contributed by atoms with E-state index in [0.717, 1.165) is 22.2 Å². The number of nitrogen functional groups attached to an aromatic ring is 1. The molecule has 2 aromatic heterocycles. The summed E-state index contributed by atoms with van der Waals surface area (Å²) in [6.45, 7) is 4.09. The zero-order chi connectivity index (χ0) is 12.3. The monoisotopic (exact) mass is 245 g/mol. The maximum Gasteiger partial charge on any atom is 0.123 e. The fraction of sp³-hybridized carbons (Fsp3) is 0.231. The number of aromatic nitrogens is 2. The largest absolute Gasteiger partial charge is 0.384 e. The van der Waals surface area contributed by atoms with Crippen LogP contribution in [0.4, 0.5) is 5.82 Å². The Morgan fingerprint density at radius 2 is 2.00 bits per heavy atom. The lowest BCUT2D eigenvalue weighted by atomic mass is 10.3. The third kappa shape index (κ3) is 3.46. The van der Waals surface area contributed by atoms with Gasteiger partial charge in [0.2, 0.25) is 0 Å². The van der Waals surface area contributed by atoms with Gasteiger partial charge in [0.05, 0.1) is 10.7 Å². The molecule has 0 bridgehead atoms. The van der Waals surface area contributed by atoms with Crippen molar-refractivity contribution in [3.05, 3.63) is 47.3 Å². The molecule has 0 aliphatic rings. The number of rotatable bonds is 3. The minimum Gasteiger partial charge on any atom is -0.384 e. The Hall–Kier alpha value is -1.55. The highest BCUT2D eigenvalue weighted by Crippen LogP contribution is 2.21. The number of hydrogen-bond donors (Lipinski definition) is 1. The first-order valence-corrected chi connectivity index (χ1v) is 6.41. The summed E-state index contributed by atoms with van der Waals surface area (Å²) < 4.78 is 0. The van der Waals surface area contributed by atoms with E-state index in [-0.39, 0.29) is 0 Å². The highest BCUT2D eigenvalue weighted by molar-refractivity contribution is 7.98. The number of hydrogen-bond acceptors (Lipinski definition) is 4. The summed E-state index contributed by atoms with van der Waals surface area (Å²) in [5, 5.41) is 1.03. The Balaban J connectivity index is 2.07. The Labute approximate surface area is 105 Å². The van der Waals surface area contributed by atoms with E-state index in [9.17, 15) is 0 Å². The number of pyridine rings is 2. The van der Waals surface area contributed by atoms with E-state index in [0.29, 0.717) is 5.82 Å². The summed E-state index contributed by atoms with van der Waals surface area (Å²) in [6, 6.07) is 9.86. The van der Waals surface area contributed by atoms with Crippen LogP contribution in [0.25, 0.3) is 0 Å². The predicted octanol–water partition coefficient (Wildman–Crippen LogP) is 2.97. The second kappa shape index (κ2) is 5.19. The highest BCUT2D eigenvalue weighted by atomic mass is 32.2. The molecule has 0 saturated heterocycles. The van der Waals surface area contributed by atoms with Crippen molar-refractivity contribution in [2.75, 3.05) is 5.73 Å². The summed E-state index contributed by atoms with van der Waals surface area (Å²) in [5.41, 5.74) is 8.91. The Morgan fingerprint density at radius 3 is 2.71 bits per heavy atom. The number of nitrogens with two attached hydrogens (primary N) is 1. The zero-order valence-corrected chi connectivity index (χ0v) is 10.8. The standard InChI is InChI=1S/C13H15N3S/c1-9-6-10(2)15-13(7-9)17-8-11-4-3-5-12(14)16-11/h3-7H,8H2,1-2H3,(H2,14,16). The van der Waals surface area contributed by atoms with Gasteiger partial charge in [-0.1, -0.05) is 6.07 Å². The Morgan fingerprint density at radius 1 is 1.18 bits per heavy atom. The number of nitrogens with zero attached hydrogens (tertiary/aromatic N) is 2. The average Bonchev–Trinajstić information content (AvgIpc) is 2.25. The topological polar surface area (TPSA) is 51.8 Å². The predicted molar refractivity (Wildman–Crippen MR) is 71.9 cm³/mol. The first-order valence-electron chi connectivity index (χ1n) is 5.43. The van der Waals surface area contributed by atoms with Gasteiger partial charge in [0.25, 0.3) is 0 Å². The lowest BCUT2D eigenvalue weighted by Gasteiger charge is -2.04. The van der Waals surface area contributed by atoms with Gasteiger partial charge in [-0.3, -0.25) is 0 Å². The van der Waals surface area contributed by atoms with Crippen LogP contribution in [0, 0.1) is 13.8 Å². The molecule has 2 N–H and O–H groups in total. The van der Waals surface area contributed by atoms with Crippen LogP contribution in [-0.2, 0) is 5.75 Å². The molecule has 0 aliphatic heterocycles. The van der Waals surface area contributed by atoms with Crippen LogP contribution < -0.4 is 5.73 Å². The molecule has 0 unspecified atom stereocenters. The number of thioether (sulfide) groups is 1. The molecule has 88 valence electrons. The Bertz CT molecular complexity index is 506. The number of anilines is 1. The van der Waals surface area contributed by atoms with Crippen LogP contribution >= 0.6 is 11.8 Å². The van der Waals surface area contributed by atoms with Crippen molar-refractivity contribution in [1.29, 1.82) is 0 Å². The van der Waals surface area contributed by atoms with E-state index in [1.54, 1.807) is 17.8 Å². The third-order valence-electron chi connectivity index (χ3n) is 2.27. The summed E-state index contributed by atoms with van der Waals surface area (Å²) >= 11 is 1.68. The first kappa shape index (κ1) is 11.9. The lowest BCUT2D eigenvalue weighted by molar-refractivity contribution is 1.04. The molecular formula is C13H15N3S. The van der Waals surface area contributed by atoms with Gasteiger partial charge in [0.1, 0.15) is 5.82 Å². The average molecular weight is 245 g/mol. The van der Waals surface area contributed by atoms with E-state index in [4.69, 9.17) is 5.73 Å². The second-order valence-corrected chi connectivity index (χ2v) is 4.96. The maximum absolute atomic E-state index is 5.64. The molecule has 0 radical (unpaired) electrons. The van der Waals surface area contributed by atoms with E-state index >= 15 is 0 Å². The normalized spacial score (nSPS) is 10.5. The van der Waals surface area contributed by atoms with Crippen LogP contribution in [0.1, 0.15) is 17.0 Å². The summed E-state index contributed by atoms with van der Waals surface area (Å²) in [6.07, 6.45) is 0. The molecule has 2 aromatic rings. The molecule has 0 atom stereocenters. The molecule has 0 fully saturated rings. The first-order chi connectivity index (χ1) is 8.13. The highest BCUT2D eigenvalue weighted by Gasteiger charge is 2.01. The van der Waals surface area contributed by atoms with E-state index < -0.39 is 0 Å². The molecule has 3 nitrogen and oxygen atoms in total. The third-order valence-corrected chi connectivity index (χ3v) is 3.22. The SMILES string of the molecule is Cc1cc(C)nc(SCc2cccc(N)n2)c1. The van der Waals surface area contributed by atoms with Crippen LogP contribution in [0.2, 0.25) is 0 Å². The van der Waals surface area contributed by atoms with Crippen molar-refractivity contribution in [2.45, 2.75) is 24.6 Å². The minimum absolute atomic E-state index is 0.566. The molecular weight excluding hydrogens is 230 g/mol. The van der Waals surface area contributed by atoms with Crippen molar-refractivity contribution < 1.29 is 0 Å². The molecule has 2 heterocycles. The molecule has 17 heavy (non-hydrogen) atoms. The van der Waals surface area contributed by atoms with Gasteiger partial charge in [-0.2, -0.15) is 0 Å². The van der Waals surface area contributed by atoms with Crippen LogP contribution in [0.15, 0.2) is 35.4 Å². The second-order valence-electron chi connectivity index (χ2n) is 3.97. The fourth-order valence-electron chi connectivity index (χ4n) is 1.60. The van der Waals surface area contributed by atoms with Gasteiger partial charge >= 0.3 is 0 Å². The Kier molecular flexibility index (Phi) is 3.64. The molecule has 2 rings (SSSR count). The molecule has 0 spiro atoms. The lowest BCUT2D eigenvalue weighted by Crippen LogP contribution is -1.94. The van der Waals surface area contributed by atoms with Gasteiger partial charge in [-0.05, 0) is 43.7 Å². The molecule has 0 aliphatic carbocycles. The zero-order valence-electron chi connectivity index (χ0n) is 9.97. The molecule has 0 saturated carbocycles. The van der Waals surface area contributed by atoms with Crippen molar-refractivity contribution in [1.82, 2.24) is 9.97 Å². The summed E-state index contributed by atoms with van der Waals surface area (Å²) in [5.74, 6) is 1.36. The van der Waals surface area contributed by atoms with Crippen molar-refractivity contribution in [3.63, 3.8) is 0 Å². The molecule has 0 amide bonds. The summed E-state index contributed by atoms with van der Waals surface area (Å²) in [7, 11) is 0. The van der Waals surface area contributed by atoms with Gasteiger partial charge in [0.15, 0.2) is 0 Å². The van der Waals surface area contributed by atoms with Crippen LogP contribution in [-0.4, -0.2) is 9.97 Å². The van der Waals surface area contributed by atoms with E-state index in [2.05, 4.69) is 29.0 Å². The number of aryl methyl sites for hydroxylation is 2. The van der Waals surface area contributed by atoms with Gasteiger partial charge in [-0.25, -0.2) is 9.97 Å². The minimum atomic E-state index is 0.566. The van der Waals surface area contributed by atoms with Crippen LogP contribution in [0.3, 0.4) is 0 Å². The van der Waals surface area contributed by atoms with Gasteiger partial charge < -0.3 is 5.73 Å². The van der Waals surface area contributed by atoms with E-state index in [1.807, 2.05) is 19.1 Å². The van der Waals surface area contributed by atoms with Crippen LogP contribution in [0.5, 0.6) is 0 Å². The quantitative estimate of drug-likeness (QED) is 0.845. The maximum atomic E-state index is 5.64. The van der Waals surface area contributed by atoms with Gasteiger partial charge in [0, 0.05) is 11.4 Å². The van der Waals surface area contributed by atoms with Crippen molar-refractivity contribution >= 4 is 17.6 Å². The van der Waals surface area contributed by atoms with Crippen molar-refractivity contribution in [2.24, 2.45) is 0 Å². The van der Waals surface area contributed by atoms with Crippen molar-refractivity contribution in [3.8, 4) is 0 Å². The molecule has 4 heteroatoms. The smallest absolute Gasteiger partial charge is 0.123 e. The fourth-order valence-corrected chi connectivity index (χ4v) is 2.54. The van der Waals surface area contributed by atoms with E-state index in [1.165, 1.54) is 5.56 Å². The molecule has 0 aromatic carbocycles. The summed E-state index contributed by atoms with van der Waals surface area (Å²) in [4.78, 5) is 8.74. The van der Waals surface area contributed by atoms with Gasteiger partial charge in [-0.15, -0.1) is 11.8 Å².